The van der Waals surface area contributed by atoms with Crippen LogP contribution in [0.1, 0.15) is 56.3 Å². The molecule has 6 nitrogen and oxygen atoms in total. The van der Waals surface area contributed by atoms with Crippen molar-refractivity contribution in [1.29, 1.82) is 0 Å². The van der Waals surface area contributed by atoms with Crippen LogP contribution < -0.4 is 10.1 Å². The summed E-state index contributed by atoms with van der Waals surface area (Å²) in [6.45, 7) is 3.88. The third-order valence-electron chi connectivity index (χ3n) is 5.37. The highest BCUT2D eigenvalue weighted by Crippen LogP contribution is 2.27. The second-order valence-corrected chi connectivity index (χ2v) is 9.98. The summed E-state index contributed by atoms with van der Waals surface area (Å²) in [6, 6.07) is 13.3. The average Bonchev–Trinajstić information content (AvgIpc) is 2.74. The summed E-state index contributed by atoms with van der Waals surface area (Å²) in [5.41, 5.74) is 1.04. The van der Waals surface area contributed by atoms with Gasteiger partial charge in [-0.15, -0.1) is 0 Å². The van der Waals surface area contributed by atoms with E-state index in [0.717, 1.165) is 25.7 Å². The number of sulfonamides is 1. The fourth-order valence-electron chi connectivity index (χ4n) is 3.68. The van der Waals surface area contributed by atoms with Gasteiger partial charge in [-0.1, -0.05) is 19.3 Å². The van der Waals surface area contributed by atoms with Crippen LogP contribution in [0.4, 0.5) is 5.69 Å². The van der Waals surface area contributed by atoms with Gasteiger partial charge < -0.3 is 10.1 Å². The maximum Gasteiger partial charge on any atom is 0.255 e. The van der Waals surface area contributed by atoms with Crippen molar-refractivity contribution >= 4 is 21.6 Å². The van der Waals surface area contributed by atoms with E-state index in [4.69, 9.17) is 4.74 Å². The second kappa shape index (κ2) is 9.62. The van der Waals surface area contributed by atoms with Crippen LogP contribution >= 0.6 is 0 Å². The first-order valence-corrected chi connectivity index (χ1v) is 11.9. The van der Waals surface area contributed by atoms with Crippen LogP contribution in [-0.4, -0.2) is 37.8 Å². The van der Waals surface area contributed by atoms with Gasteiger partial charge in [0.2, 0.25) is 10.0 Å². The van der Waals surface area contributed by atoms with Crippen molar-refractivity contribution < 1.29 is 17.9 Å². The maximum absolute atomic E-state index is 12.9. The standard InChI is InChI=1S/C23H30N2O4S/c1-17(2)29-21-13-9-18(10-14-21)23(26)24-19-11-15-22(16-12-19)30(27,28)25(3)20-7-5-4-6-8-20/h9-17,20H,4-8H2,1-3H3,(H,24,26). The van der Waals surface area contributed by atoms with Gasteiger partial charge in [-0.05, 0) is 75.2 Å². The van der Waals surface area contributed by atoms with E-state index in [2.05, 4.69) is 5.32 Å². The van der Waals surface area contributed by atoms with Gasteiger partial charge in [0.1, 0.15) is 5.75 Å². The molecule has 1 N–H and O–H groups in total. The molecule has 1 aliphatic carbocycles. The normalized spacial score (nSPS) is 15.4. The predicted octanol–water partition coefficient (Wildman–Crippen LogP) is 4.68. The van der Waals surface area contributed by atoms with E-state index in [9.17, 15) is 13.2 Å². The number of carbonyl (C=O) groups excluding carboxylic acids is 1. The fourth-order valence-corrected chi connectivity index (χ4v) is 5.09. The Labute approximate surface area is 179 Å². The van der Waals surface area contributed by atoms with Crippen LogP contribution in [0, 0.1) is 0 Å². The van der Waals surface area contributed by atoms with E-state index in [0.29, 0.717) is 17.0 Å². The lowest BCUT2D eigenvalue weighted by Crippen LogP contribution is -2.38. The van der Waals surface area contributed by atoms with Gasteiger partial charge in [0, 0.05) is 24.3 Å². The lowest BCUT2D eigenvalue weighted by molar-refractivity contribution is 0.102. The Morgan fingerprint density at radius 2 is 1.60 bits per heavy atom. The third kappa shape index (κ3) is 5.40. The van der Waals surface area contributed by atoms with Gasteiger partial charge in [-0.25, -0.2) is 8.42 Å². The number of rotatable bonds is 7. The van der Waals surface area contributed by atoms with Crippen molar-refractivity contribution in [3.05, 3.63) is 54.1 Å². The van der Waals surface area contributed by atoms with Crippen LogP contribution in [0.3, 0.4) is 0 Å². The topological polar surface area (TPSA) is 75.7 Å². The van der Waals surface area contributed by atoms with E-state index < -0.39 is 10.0 Å². The zero-order valence-electron chi connectivity index (χ0n) is 17.8. The summed E-state index contributed by atoms with van der Waals surface area (Å²) in [5.74, 6) is 0.444. The van der Waals surface area contributed by atoms with Crippen LogP contribution in [0.15, 0.2) is 53.4 Å². The third-order valence-corrected chi connectivity index (χ3v) is 7.29. The Morgan fingerprint density at radius 3 is 2.17 bits per heavy atom. The van der Waals surface area contributed by atoms with Crippen molar-refractivity contribution in [2.75, 3.05) is 12.4 Å². The molecule has 1 aliphatic rings. The number of nitrogens with zero attached hydrogens (tertiary/aromatic N) is 1. The molecule has 0 heterocycles. The number of hydrogen-bond acceptors (Lipinski definition) is 4. The number of ether oxygens (including phenoxy) is 1. The average molecular weight is 431 g/mol. The summed E-state index contributed by atoms with van der Waals surface area (Å²) in [7, 11) is -1.88. The van der Waals surface area contributed by atoms with Crippen LogP contribution in [0.5, 0.6) is 5.75 Å². The summed E-state index contributed by atoms with van der Waals surface area (Å²) in [4.78, 5) is 12.7. The molecule has 0 aliphatic heterocycles. The predicted molar refractivity (Wildman–Crippen MR) is 118 cm³/mol. The molecule has 3 rings (SSSR count). The van der Waals surface area contributed by atoms with Crippen LogP contribution in [0.25, 0.3) is 0 Å². The van der Waals surface area contributed by atoms with E-state index >= 15 is 0 Å². The van der Waals surface area contributed by atoms with Crippen LogP contribution in [-0.2, 0) is 10.0 Å². The highest BCUT2D eigenvalue weighted by atomic mass is 32.2. The Kier molecular flexibility index (Phi) is 7.15. The second-order valence-electron chi connectivity index (χ2n) is 7.98. The summed E-state index contributed by atoms with van der Waals surface area (Å²) in [6.07, 6.45) is 5.19. The van der Waals surface area contributed by atoms with Gasteiger partial charge in [0.15, 0.2) is 0 Å². The van der Waals surface area contributed by atoms with Gasteiger partial charge in [0.05, 0.1) is 11.0 Å². The molecule has 0 bridgehead atoms. The molecule has 2 aromatic rings. The van der Waals surface area contributed by atoms with Crippen LogP contribution in [0.2, 0.25) is 0 Å². The number of amides is 1. The van der Waals surface area contributed by atoms with Crippen molar-refractivity contribution in [1.82, 2.24) is 4.31 Å². The molecule has 1 fully saturated rings. The molecular weight excluding hydrogens is 400 g/mol. The van der Waals surface area contributed by atoms with Gasteiger partial charge >= 0.3 is 0 Å². The van der Waals surface area contributed by atoms with Crippen molar-refractivity contribution in [3.63, 3.8) is 0 Å². The highest BCUT2D eigenvalue weighted by Gasteiger charge is 2.28. The first kappa shape index (κ1) is 22.3. The lowest BCUT2D eigenvalue weighted by Gasteiger charge is -2.30. The zero-order valence-corrected chi connectivity index (χ0v) is 18.6. The Hall–Kier alpha value is -2.38. The molecule has 0 spiro atoms. The van der Waals surface area contributed by atoms with Gasteiger partial charge in [0.25, 0.3) is 5.91 Å². The Balaban J connectivity index is 1.65. The Morgan fingerprint density at radius 1 is 1.00 bits per heavy atom. The molecule has 7 heteroatoms. The van der Waals surface area contributed by atoms with E-state index in [1.54, 1.807) is 55.6 Å². The Bertz CT molecular complexity index is 948. The molecule has 0 atom stereocenters. The first-order valence-electron chi connectivity index (χ1n) is 10.4. The number of anilines is 1. The largest absolute Gasteiger partial charge is 0.491 e. The minimum atomic E-state index is -3.54. The van der Waals surface area contributed by atoms with Gasteiger partial charge in [-0.3, -0.25) is 4.79 Å². The summed E-state index contributed by atoms with van der Waals surface area (Å²) < 4.78 is 32.9. The molecule has 0 radical (unpaired) electrons. The molecule has 0 aromatic heterocycles. The molecule has 0 unspecified atom stereocenters. The van der Waals surface area contributed by atoms with Crippen molar-refractivity contribution in [2.24, 2.45) is 0 Å². The number of benzene rings is 2. The number of nitrogens with one attached hydrogen (secondary N) is 1. The quantitative estimate of drug-likeness (QED) is 0.692. The number of hydrogen-bond donors (Lipinski definition) is 1. The SMILES string of the molecule is CC(C)Oc1ccc(C(=O)Nc2ccc(S(=O)(=O)N(C)C3CCCCC3)cc2)cc1. The van der Waals surface area contributed by atoms with Crippen molar-refractivity contribution in [3.8, 4) is 5.75 Å². The van der Waals surface area contributed by atoms with E-state index in [1.165, 1.54) is 10.7 Å². The van der Waals surface area contributed by atoms with E-state index in [1.807, 2.05) is 13.8 Å². The monoisotopic (exact) mass is 430 g/mol. The maximum atomic E-state index is 12.9. The molecule has 1 amide bonds. The summed E-state index contributed by atoms with van der Waals surface area (Å²) >= 11 is 0. The molecule has 30 heavy (non-hydrogen) atoms. The van der Waals surface area contributed by atoms with E-state index in [-0.39, 0.29) is 22.9 Å². The molecule has 1 saturated carbocycles. The highest BCUT2D eigenvalue weighted by molar-refractivity contribution is 7.89. The zero-order chi connectivity index (χ0) is 21.7. The first-order chi connectivity index (χ1) is 14.3. The fraction of sp³-hybridized carbons (Fsp3) is 0.435. The lowest BCUT2D eigenvalue weighted by atomic mass is 9.96. The van der Waals surface area contributed by atoms with Crippen molar-refractivity contribution in [2.45, 2.75) is 63.0 Å². The number of carbonyl (C=O) groups is 1. The summed E-state index contributed by atoms with van der Waals surface area (Å²) in [5, 5.41) is 2.80. The molecule has 0 saturated heterocycles. The molecular formula is C23H30N2O4S. The molecule has 162 valence electrons. The molecule has 2 aromatic carbocycles. The minimum Gasteiger partial charge on any atom is -0.491 e. The van der Waals surface area contributed by atoms with Gasteiger partial charge in [-0.2, -0.15) is 4.31 Å². The minimum absolute atomic E-state index is 0.0609. The smallest absolute Gasteiger partial charge is 0.255 e.